The Morgan fingerprint density at radius 1 is 1.28 bits per heavy atom. The monoisotopic (exact) mass is 454 g/mol. The number of hydrogen-bond donors (Lipinski definition) is 1. The van der Waals surface area contributed by atoms with E-state index in [1.807, 2.05) is 0 Å². The minimum atomic E-state index is -2.63. The summed E-state index contributed by atoms with van der Waals surface area (Å²) in [4.78, 5) is 22.0. The molecule has 0 radical (unpaired) electrons. The number of nitrogens with zero attached hydrogens (tertiary/aromatic N) is 5. The van der Waals surface area contributed by atoms with Crippen molar-refractivity contribution in [3.63, 3.8) is 0 Å². The number of hydrogen-bond acceptors (Lipinski definition) is 7. The number of likely N-dealkylation sites (tertiary alicyclic amines) is 1. The Morgan fingerprint density at radius 3 is 2.69 bits per heavy atom. The second kappa shape index (κ2) is 9.21. The van der Waals surface area contributed by atoms with Crippen LogP contribution in [0.4, 0.5) is 23.8 Å². The molecule has 1 saturated heterocycles. The molecule has 1 amide bonds. The summed E-state index contributed by atoms with van der Waals surface area (Å²) in [6.07, 6.45) is 1.11. The quantitative estimate of drug-likeness (QED) is 0.686. The number of ether oxygens (including phenoxy) is 2. The van der Waals surface area contributed by atoms with E-state index in [1.165, 1.54) is 21.8 Å². The fraction of sp³-hybridized carbons (Fsp3) is 0.600. The normalized spacial score (nSPS) is 18.8. The minimum Gasteiger partial charge on any atom is -0.470 e. The number of amides is 1. The van der Waals surface area contributed by atoms with Crippen molar-refractivity contribution in [3.05, 3.63) is 24.0 Å². The third-order valence-corrected chi connectivity index (χ3v) is 5.41. The van der Waals surface area contributed by atoms with E-state index < -0.39 is 18.7 Å². The number of anilines is 1. The molecule has 2 aromatic rings. The summed E-state index contributed by atoms with van der Waals surface area (Å²) in [5.74, 6) is -1.83. The third kappa shape index (κ3) is 5.22. The van der Waals surface area contributed by atoms with Crippen LogP contribution in [0, 0.1) is 0 Å². The van der Waals surface area contributed by atoms with Gasteiger partial charge in [0, 0.05) is 31.1 Å². The van der Waals surface area contributed by atoms with Crippen molar-refractivity contribution in [1.82, 2.24) is 24.6 Å². The second-order valence-corrected chi connectivity index (χ2v) is 7.90. The van der Waals surface area contributed by atoms with Crippen molar-refractivity contribution >= 4 is 11.9 Å². The highest BCUT2D eigenvalue weighted by Gasteiger charge is 2.36. The van der Waals surface area contributed by atoms with Gasteiger partial charge in [-0.3, -0.25) is 0 Å². The highest BCUT2D eigenvalue weighted by Crippen LogP contribution is 2.34. The van der Waals surface area contributed by atoms with Gasteiger partial charge in [-0.1, -0.05) is 0 Å². The first kappa shape index (κ1) is 22.2. The van der Waals surface area contributed by atoms with Crippen molar-refractivity contribution in [3.8, 4) is 11.8 Å². The smallest absolute Gasteiger partial charge is 0.410 e. The molecule has 174 valence electrons. The number of nitrogens with one attached hydrogen (secondary N) is 1. The van der Waals surface area contributed by atoms with Crippen LogP contribution in [0.2, 0.25) is 0 Å². The molecule has 1 aliphatic heterocycles. The highest BCUT2D eigenvalue weighted by atomic mass is 19.3. The van der Waals surface area contributed by atoms with Gasteiger partial charge in [-0.15, -0.1) is 0 Å². The number of carbonyl (C=O) groups excluding carboxylic acids is 1. The maximum Gasteiger partial charge on any atom is 0.410 e. The maximum absolute atomic E-state index is 13.5. The molecule has 1 saturated carbocycles. The van der Waals surface area contributed by atoms with Crippen LogP contribution in [0.25, 0.3) is 5.95 Å². The number of rotatable bonds is 7. The molecule has 2 aliphatic rings. The Kier molecular flexibility index (Phi) is 6.38. The van der Waals surface area contributed by atoms with Gasteiger partial charge >= 0.3 is 6.09 Å². The molecule has 0 unspecified atom stereocenters. The molecular formula is C20H25F3N6O3. The molecule has 1 aliphatic carbocycles. The lowest BCUT2D eigenvalue weighted by Gasteiger charge is -2.37. The van der Waals surface area contributed by atoms with Crippen LogP contribution in [-0.4, -0.2) is 68.5 Å². The molecule has 12 heteroatoms. The van der Waals surface area contributed by atoms with Gasteiger partial charge in [-0.2, -0.15) is 15.1 Å². The first-order valence-electron chi connectivity index (χ1n) is 10.6. The fourth-order valence-electron chi connectivity index (χ4n) is 3.63. The van der Waals surface area contributed by atoms with Gasteiger partial charge in [0.2, 0.25) is 11.8 Å². The van der Waals surface area contributed by atoms with Gasteiger partial charge in [-0.05, 0) is 25.8 Å². The van der Waals surface area contributed by atoms with Crippen molar-refractivity contribution in [1.29, 1.82) is 0 Å². The van der Waals surface area contributed by atoms with E-state index in [0.717, 1.165) is 0 Å². The van der Waals surface area contributed by atoms with Crippen LogP contribution < -0.4 is 10.1 Å². The number of aromatic nitrogens is 4. The Hall–Kier alpha value is -3.05. The summed E-state index contributed by atoms with van der Waals surface area (Å²) in [5.41, 5.74) is 0.230. The van der Waals surface area contributed by atoms with Crippen LogP contribution >= 0.6 is 0 Å². The molecule has 1 N–H and O–H groups in total. The topological polar surface area (TPSA) is 94.4 Å². The molecule has 9 nitrogen and oxygen atoms in total. The Balaban J connectivity index is 1.48. The van der Waals surface area contributed by atoms with Gasteiger partial charge in [0.05, 0.1) is 25.4 Å². The molecule has 0 atom stereocenters. The van der Waals surface area contributed by atoms with Crippen molar-refractivity contribution in [2.24, 2.45) is 0 Å². The van der Waals surface area contributed by atoms with Crippen molar-refractivity contribution < 1.29 is 27.4 Å². The first-order valence-corrected chi connectivity index (χ1v) is 10.6. The molecule has 3 heterocycles. The zero-order chi connectivity index (χ0) is 22.7. The van der Waals surface area contributed by atoms with Crippen LogP contribution in [0.3, 0.4) is 0 Å². The fourth-order valence-corrected chi connectivity index (χ4v) is 3.63. The molecule has 4 rings (SSSR count). The summed E-state index contributed by atoms with van der Waals surface area (Å²) < 4.78 is 52.0. The van der Waals surface area contributed by atoms with E-state index in [9.17, 15) is 18.0 Å². The van der Waals surface area contributed by atoms with E-state index in [0.29, 0.717) is 38.4 Å². The summed E-state index contributed by atoms with van der Waals surface area (Å²) >= 11 is 0. The zero-order valence-electron chi connectivity index (χ0n) is 17.6. The maximum atomic E-state index is 13.5. The minimum absolute atomic E-state index is 0.160. The van der Waals surface area contributed by atoms with Crippen LogP contribution in [-0.2, 0) is 11.4 Å². The molecule has 32 heavy (non-hydrogen) atoms. The summed E-state index contributed by atoms with van der Waals surface area (Å²) in [6, 6.07) is 2.94. The highest BCUT2D eigenvalue weighted by molar-refractivity contribution is 5.68. The molecule has 2 fully saturated rings. The summed E-state index contributed by atoms with van der Waals surface area (Å²) in [5, 5.41) is 7.26. The van der Waals surface area contributed by atoms with E-state index >= 15 is 0 Å². The Bertz CT molecular complexity index is 940. The van der Waals surface area contributed by atoms with Gasteiger partial charge in [0.15, 0.2) is 0 Å². The van der Waals surface area contributed by atoms with Gasteiger partial charge in [0.1, 0.15) is 18.6 Å². The second-order valence-electron chi connectivity index (χ2n) is 7.90. The predicted molar refractivity (Wildman–Crippen MR) is 108 cm³/mol. The Morgan fingerprint density at radius 2 is 2.03 bits per heavy atom. The van der Waals surface area contributed by atoms with E-state index in [-0.39, 0.29) is 42.5 Å². The molecular weight excluding hydrogens is 429 g/mol. The van der Waals surface area contributed by atoms with E-state index in [4.69, 9.17) is 9.47 Å². The van der Waals surface area contributed by atoms with Crippen LogP contribution in [0.5, 0.6) is 5.88 Å². The van der Waals surface area contributed by atoms with E-state index in [2.05, 4.69) is 20.4 Å². The van der Waals surface area contributed by atoms with Gasteiger partial charge in [-0.25, -0.2) is 22.6 Å². The SMILES string of the molecule is CCOC(=O)N1CC(Oc2cc(NC3CCC(F)(F)CC3)nc(-n3ccc(CF)n3)n2)C1. The number of carbonyl (C=O) groups is 1. The Labute approximate surface area is 182 Å². The number of halogens is 3. The lowest BCUT2D eigenvalue weighted by molar-refractivity contribution is -0.0361. The lowest BCUT2D eigenvalue weighted by Crippen LogP contribution is -2.56. The molecule has 0 bridgehead atoms. The number of alkyl halides is 3. The van der Waals surface area contributed by atoms with Crippen LogP contribution in [0.1, 0.15) is 38.3 Å². The average molecular weight is 454 g/mol. The average Bonchev–Trinajstić information content (AvgIpc) is 3.21. The molecule has 0 spiro atoms. The van der Waals surface area contributed by atoms with Crippen molar-refractivity contribution in [2.45, 2.75) is 57.3 Å². The molecule has 2 aromatic heterocycles. The van der Waals surface area contributed by atoms with E-state index in [1.54, 1.807) is 13.0 Å². The first-order chi connectivity index (χ1) is 15.3. The molecule has 0 aromatic carbocycles. The zero-order valence-corrected chi connectivity index (χ0v) is 17.6. The summed E-state index contributed by atoms with van der Waals surface area (Å²) in [6.45, 7) is 2.01. The largest absolute Gasteiger partial charge is 0.470 e. The lowest BCUT2D eigenvalue weighted by atomic mass is 9.92. The third-order valence-electron chi connectivity index (χ3n) is 5.41. The van der Waals surface area contributed by atoms with Gasteiger partial charge in [0.25, 0.3) is 5.95 Å². The van der Waals surface area contributed by atoms with Crippen molar-refractivity contribution in [2.75, 3.05) is 25.0 Å². The van der Waals surface area contributed by atoms with Crippen LogP contribution in [0.15, 0.2) is 18.3 Å². The standard InChI is InChI=1S/C20H25F3N6O3/c1-2-31-19(30)28-11-15(12-28)32-17-9-16(24-13-3-6-20(22,23)7-4-13)25-18(26-17)29-8-5-14(10-21)27-29/h5,8-9,13,15H,2-4,6-7,10-12H2,1H3,(H,24,25,26). The summed E-state index contributed by atoms with van der Waals surface area (Å²) in [7, 11) is 0. The van der Waals surface area contributed by atoms with Gasteiger partial charge < -0.3 is 19.7 Å². The predicted octanol–water partition coefficient (Wildman–Crippen LogP) is 3.34.